The Bertz CT molecular complexity index is 1100. The molecule has 0 saturated heterocycles. The Morgan fingerprint density at radius 3 is 2.20 bits per heavy atom. The molecule has 0 aliphatic heterocycles. The first-order valence-corrected chi connectivity index (χ1v) is 8.02. The average Bonchev–Trinajstić information content (AvgIpc) is 2.67. The second-order valence-electron chi connectivity index (χ2n) is 5.80. The zero-order valence-electron chi connectivity index (χ0n) is 14.5. The summed E-state index contributed by atoms with van der Waals surface area (Å²) in [6, 6.07) is 5.87. The summed E-state index contributed by atoms with van der Waals surface area (Å²) in [6.07, 6.45) is -4.38. The Morgan fingerprint density at radius 1 is 0.933 bits per heavy atom. The van der Waals surface area contributed by atoms with Crippen LogP contribution in [-0.4, -0.2) is 10.9 Å². The lowest BCUT2D eigenvalue weighted by Gasteiger charge is -2.13. The topological polar surface area (TPSA) is 51.2 Å². The number of carbonyl (C=O) groups excluding carboxylic acids is 1. The van der Waals surface area contributed by atoms with Gasteiger partial charge in [-0.25, -0.2) is 22.5 Å². The first kappa shape index (κ1) is 21.1. The summed E-state index contributed by atoms with van der Waals surface area (Å²) >= 11 is 0. The number of rotatable bonds is 4. The molecular weight excluding hydrogens is 421 g/mol. The van der Waals surface area contributed by atoms with Crippen LogP contribution in [0.3, 0.4) is 0 Å². The fraction of sp³-hybridized carbons (Fsp3) is 0.0526. The third kappa shape index (κ3) is 4.50. The molecule has 2 aromatic carbocycles. The Labute approximate surface area is 163 Å². The van der Waals surface area contributed by atoms with Gasteiger partial charge in [-0.1, -0.05) is 0 Å². The van der Waals surface area contributed by atoms with Crippen LogP contribution in [-0.2, 0) is 6.18 Å². The van der Waals surface area contributed by atoms with Gasteiger partial charge in [0.05, 0.1) is 6.20 Å². The van der Waals surface area contributed by atoms with Crippen molar-refractivity contribution in [1.82, 2.24) is 4.98 Å². The number of pyridine rings is 1. The highest BCUT2D eigenvalue weighted by Gasteiger charge is 2.36. The molecule has 0 saturated carbocycles. The van der Waals surface area contributed by atoms with Gasteiger partial charge in [-0.05, 0) is 42.5 Å². The molecule has 0 atom stereocenters. The highest BCUT2D eigenvalue weighted by atomic mass is 19.4. The molecule has 1 heterocycles. The number of amides is 1. The monoisotopic (exact) mass is 430 g/mol. The number of anilines is 1. The minimum absolute atomic E-state index is 0.0153. The van der Waals surface area contributed by atoms with Crippen LogP contribution in [0, 0.1) is 23.3 Å². The van der Waals surface area contributed by atoms with E-state index in [1.54, 1.807) is 0 Å². The van der Waals surface area contributed by atoms with Crippen molar-refractivity contribution in [2.75, 3.05) is 5.32 Å². The Kier molecular flexibility index (Phi) is 5.63. The fourth-order valence-electron chi connectivity index (χ4n) is 2.36. The van der Waals surface area contributed by atoms with Gasteiger partial charge in [-0.2, -0.15) is 13.2 Å². The van der Waals surface area contributed by atoms with Crippen LogP contribution in [0.4, 0.5) is 36.4 Å². The van der Waals surface area contributed by atoms with Crippen LogP contribution in [0.1, 0.15) is 15.9 Å². The second kappa shape index (κ2) is 8.01. The van der Waals surface area contributed by atoms with E-state index in [-0.39, 0.29) is 17.5 Å². The molecule has 1 N–H and O–H groups in total. The number of ether oxygens (including phenoxy) is 1. The van der Waals surface area contributed by atoms with Crippen LogP contribution < -0.4 is 10.1 Å². The number of halogens is 7. The Morgan fingerprint density at radius 2 is 1.57 bits per heavy atom. The first-order valence-electron chi connectivity index (χ1n) is 8.02. The summed E-state index contributed by atoms with van der Waals surface area (Å²) in [5.74, 6) is -7.91. The van der Waals surface area contributed by atoms with Crippen molar-refractivity contribution in [3.05, 3.63) is 83.1 Å². The van der Waals surface area contributed by atoms with Crippen LogP contribution in [0.15, 0.2) is 48.7 Å². The van der Waals surface area contributed by atoms with Crippen molar-refractivity contribution in [3.8, 4) is 11.6 Å². The molecule has 3 aromatic rings. The number of alkyl halides is 3. The van der Waals surface area contributed by atoms with Crippen molar-refractivity contribution in [1.29, 1.82) is 0 Å². The van der Waals surface area contributed by atoms with Gasteiger partial charge in [0.1, 0.15) is 28.5 Å². The van der Waals surface area contributed by atoms with E-state index >= 15 is 0 Å². The summed E-state index contributed by atoms with van der Waals surface area (Å²) in [5, 5.41) is 2.11. The van der Waals surface area contributed by atoms with Gasteiger partial charge in [0.25, 0.3) is 5.91 Å². The third-order valence-electron chi connectivity index (χ3n) is 3.72. The smallest absolute Gasteiger partial charge is 0.421 e. The lowest BCUT2D eigenvalue weighted by molar-refractivity contribution is -0.139. The molecule has 1 aromatic heterocycles. The molecule has 0 spiro atoms. The minimum atomic E-state index is -4.92. The second-order valence-corrected chi connectivity index (χ2v) is 5.80. The maximum atomic E-state index is 13.7. The van der Waals surface area contributed by atoms with Gasteiger partial charge in [0.2, 0.25) is 5.88 Å². The minimum Gasteiger partial charge on any atom is -0.438 e. The van der Waals surface area contributed by atoms with E-state index in [0.717, 1.165) is 24.3 Å². The SMILES string of the molecule is O=C(Nc1ccc(Oc2ncc(F)cc2C(F)(F)F)cc1)c1c(F)ccc(F)c1F. The molecule has 3 rings (SSSR count). The largest absolute Gasteiger partial charge is 0.438 e. The van der Waals surface area contributed by atoms with Gasteiger partial charge >= 0.3 is 6.18 Å². The van der Waals surface area contributed by atoms with Gasteiger partial charge < -0.3 is 10.1 Å². The van der Waals surface area contributed by atoms with E-state index in [2.05, 4.69) is 10.3 Å². The Hall–Kier alpha value is -3.63. The third-order valence-corrected chi connectivity index (χ3v) is 3.72. The van der Waals surface area contributed by atoms with Crippen LogP contribution >= 0.6 is 0 Å². The van der Waals surface area contributed by atoms with Gasteiger partial charge in [0, 0.05) is 5.69 Å². The quantitative estimate of drug-likeness (QED) is 0.427. The summed E-state index contributed by atoms with van der Waals surface area (Å²) in [7, 11) is 0. The first-order chi connectivity index (χ1) is 14.1. The lowest BCUT2D eigenvalue weighted by Crippen LogP contribution is -2.16. The lowest BCUT2D eigenvalue weighted by atomic mass is 10.1. The highest BCUT2D eigenvalue weighted by Crippen LogP contribution is 2.37. The predicted molar refractivity (Wildman–Crippen MR) is 90.0 cm³/mol. The molecule has 0 fully saturated rings. The van der Waals surface area contributed by atoms with E-state index in [1.807, 2.05) is 0 Å². The molecule has 1 amide bonds. The summed E-state index contributed by atoms with van der Waals surface area (Å²) < 4.78 is 97.5. The molecule has 11 heteroatoms. The maximum Gasteiger partial charge on any atom is 0.421 e. The number of benzene rings is 2. The van der Waals surface area contributed by atoms with Crippen LogP contribution in [0.25, 0.3) is 0 Å². The van der Waals surface area contributed by atoms with Crippen molar-refractivity contribution in [2.45, 2.75) is 6.18 Å². The molecule has 0 bridgehead atoms. The molecule has 0 aliphatic rings. The highest BCUT2D eigenvalue weighted by molar-refractivity contribution is 6.04. The molecule has 0 unspecified atom stereocenters. The number of hydrogen-bond acceptors (Lipinski definition) is 3. The zero-order chi connectivity index (χ0) is 22.1. The Balaban J connectivity index is 1.79. The zero-order valence-corrected chi connectivity index (χ0v) is 14.5. The molecule has 0 radical (unpaired) electrons. The van der Waals surface area contributed by atoms with Crippen LogP contribution in [0.2, 0.25) is 0 Å². The van der Waals surface area contributed by atoms with E-state index < -0.39 is 52.4 Å². The molecule has 0 aliphatic carbocycles. The number of carbonyl (C=O) groups is 1. The predicted octanol–water partition coefficient (Wildman–Crippen LogP) is 5.70. The number of aromatic nitrogens is 1. The van der Waals surface area contributed by atoms with Crippen molar-refractivity contribution in [2.24, 2.45) is 0 Å². The van der Waals surface area contributed by atoms with Gasteiger partial charge in [-0.3, -0.25) is 4.79 Å². The van der Waals surface area contributed by atoms with E-state index in [9.17, 15) is 35.5 Å². The standard InChI is InChI=1S/C19H9F7N2O2/c20-9-7-12(19(24,25)26)18(27-8-9)30-11-3-1-10(2-4-11)28-17(29)15-13(21)5-6-14(22)16(15)23/h1-8H,(H,28,29). The average molecular weight is 430 g/mol. The molecular formula is C19H9F7N2O2. The summed E-state index contributed by atoms with van der Waals surface area (Å²) in [6.45, 7) is 0. The molecule has 4 nitrogen and oxygen atoms in total. The van der Waals surface area contributed by atoms with Crippen molar-refractivity contribution < 1.29 is 40.3 Å². The van der Waals surface area contributed by atoms with Gasteiger partial charge in [-0.15, -0.1) is 0 Å². The summed E-state index contributed by atoms with van der Waals surface area (Å²) in [4.78, 5) is 15.3. The number of nitrogens with zero attached hydrogens (tertiary/aromatic N) is 1. The maximum absolute atomic E-state index is 13.7. The van der Waals surface area contributed by atoms with E-state index in [1.165, 1.54) is 0 Å². The number of nitrogens with one attached hydrogen (secondary N) is 1. The van der Waals surface area contributed by atoms with Crippen molar-refractivity contribution >= 4 is 11.6 Å². The van der Waals surface area contributed by atoms with Crippen molar-refractivity contribution in [3.63, 3.8) is 0 Å². The van der Waals surface area contributed by atoms with Crippen LogP contribution in [0.5, 0.6) is 11.6 Å². The van der Waals surface area contributed by atoms with E-state index in [0.29, 0.717) is 18.3 Å². The van der Waals surface area contributed by atoms with E-state index in [4.69, 9.17) is 4.74 Å². The normalized spacial score (nSPS) is 11.3. The molecule has 30 heavy (non-hydrogen) atoms. The molecule has 156 valence electrons. The van der Waals surface area contributed by atoms with Gasteiger partial charge in [0.15, 0.2) is 11.6 Å². The number of hydrogen-bond donors (Lipinski definition) is 1. The fourth-order valence-corrected chi connectivity index (χ4v) is 2.36. The summed E-state index contributed by atoms with van der Waals surface area (Å²) in [5.41, 5.74) is -2.59.